The summed E-state index contributed by atoms with van der Waals surface area (Å²) in [4.78, 5) is 20.4. The van der Waals surface area contributed by atoms with E-state index in [4.69, 9.17) is 4.98 Å². The summed E-state index contributed by atoms with van der Waals surface area (Å²) in [5.74, 6) is -0.163. The van der Waals surface area contributed by atoms with Crippen LogP contribution in [0.5, 0.6) is 0 Å². The summed E-state index contributed by atoms with van der Waals surface area (Å²) in [5, 5.41) is 0.552. The lowest BCUT2D eigenvalue weighted by molar-refractivity contribution is 0.0982. The number of nitrogens with zero attached hydrogens (tertiary/aromatic N) is 2. The number of fused-ring (bicyclic) bond motifs is 1. The van der Waals surface area contributed by atoms with Crippen LogP contribution in [0.1, 0.15) is 48.2 Å². The van der Waals surface area contributed by atoms with Crippen LogP contribution in [0.15, 0.2) is 77.7 Å². The summed E-state index contributed by atoms with van der Waals surface area (Å²) in [6.45, 7) is 6.11. The molecule has 0 radical (unpaired) electrons. The maximum Gasteiger partial charge on any atom is 0.261 e. The molecule has 0 fully saturated rings. The number of rotatable bonds is 7. The van der Waals surface area contributed by atoms with Crippen molar-refractivity contribution in [1.82, 2.24) is 4.98 Å². The third kappa shape index (κ3) is 4.70. The second-order valence-electron chi connectivity index (χ2n) is 8.12. The molecule has 0 aliphatic rings. The standard InChI is InChI=1S/C26H26N2O3S2/c1-4-33(30,31)23-16-9-8-13-21(23)25(29)28(17-19-11-6-5-7-12-19)26-27-24-20(18(2)3)14-10-15-22(24)32-26/h5-16,18H,4,17H2,1-3H3. The summed E-state index contributed by atoms with van der Waals surface area (Å²) in [6.07, 6.45) is 0. The molecule has 170 valence electrons. The molecule has 7 heteroatoms. The number of carbonyl (C=O) groups is 1. The molecule has 0 bridgehead atoms. The highest BCUT2D eigenvalue weighted by Gasteiger charge is 2.27. The quantitative estimate of drug-likeness (QED) is 0.324. The van der Waals surface area contributed by atoms with Gasteiger partial charge >= 0.3 is 0 Å². The van der Waals surface area contributed by atoms with Gasteiger partial charge in [0.1, 0.15) is 0 Å². The molecule has 4 rings (SSSR count). The zero-order chi connectivity index (χ0) is 23.6. The van der Waals surface area contributed by atoms with Crippen LogP contribution in [0, 0.1) is 0 Å². The number of para-hydroxylation sites is 1. The van der Waals surface area contributed by atoms with E-state index in [0.29, 0.717) is 5.13 Å². The van der Waals surface area contributed by atoms with Gasteiger partial charge in [0.25, 0.3) is 5.91 Å². The van der Waals surface area contributed by atoms with Crippen LogP contribution in [-0.2, 0) is 16.4 Å². The molecule has 0 N–H and O–H groups in total. The van der Waals surface area contributed by atoms with Crippen molar-refractivity contribution >= 4 is 42.4 Å². The number of benzene rings is 3. The van der Waals surface area contributed by atoms with E-state index in [2.05, 4.69) is 19.9 Å². The van der Waals surface area contributed by atoms with Gasteiger partial charge in [-0.2, -0.15) is 0 Å². The van der Waals surface area contributed by atoms with E-state index >= 15 is 0 Å². The lowest BCUT2D eigenvalue weighted by atomic mass is 10.0. The molecule has 1 heterocycles. The Morgan fingerprint density at radius 3 is 2.36 bits per heavy atom. The fraction of sp³-hybridized carbons (Fsp3) is 0.231. The van der Waals surface area contributed by atoms with E-state index in [0.717, 1.165) is 21.3 Å². The predicted octanol–water partition coefficient (Wildman–Crippen LogP) is 6.06. The average Bonchev–Trinajstić information content (AvgIpc) is 3.26. The predicted molar refractivity (Wildman–Crippen MR) is 135 cm³/mol. The minimum Gasteiger partial charge on any atom is -0.279 e. The molecule has 33 heavy (non-hydrogen) atoms. The number of anilines is 1. The van der Waals surface area contributed by atoms with E-state index in [-0.39, 0.29) is 34.6 Å². The highest BCUT2D eigenvalue weighted by molar-refractivity contribution is 7.91. The van der Waals surface area contributed by atoms with Crippen LogP contribution in [0.3, 0.4) is 0 Å². The molecule has 1 amide bonds. The smallest absolute Gasteiger partial charge is 0.261 e. The normalized spacial score (nSPS) is 11.8. The monoisotopic (exact) mass is 478 g/mol. The van der Waals surface area contributed by atoms with Gasteiger partial charge in [0, 0.05) is 0 Å². The molecule has 5 nitrogen and oxygen atoms in total. The molecular formula is C26H26N2O3S2. The summed E-state index contributed by atoms with van der Waals surface area (Å²) in [6, 6.07) is 22.1. The van der Waals surface area contributed by atoms with Crippen molar-refractivity contribution in [3.63, 3.8) is 0 Å². The van der Waals surface area contributed by atoms with Crippen molar-refractivity contribution in [3.8, 4) is 0 Å². The molecular weight excluding hydrogens is 452 g/mol. The Bertz CT molecular complexity index is 1390. The highest BCUT2D eigenvalue weighted by atomic mass is 32.2. The molecule has 1 aromatic heterocycles. The topological polar surface area (TPSA) is 67.3 Å². The third-order valence-electron chi connectivity index (χ3n) is 5.55. The second kappa shape index (κ2) is 9.45. The van der Waals surface area contributed by atoms with Gasteiger partial charge in [-0.05, 0) is 35.2 Å². The van der Waals surface area contributed by atoms with Gasteiger partial charge in [-0.1, -0.05) is 86.7 Å². The van der Waals surface area contributed by atoms with Crippen LogP contribution in [0.25, 0.3) is 10.2 Å². The zero-order valence-corrected chi connectivity index (χ0v) is 20.5. The van der Waals surface area contributed by atoms with Crippen molar-refractivity contribution in [1.29, 1.82) is 0 Å². The van der Waals surface area contributed by atoms with Crippen molar-refractivity contribution in [2.45, 2.75) is 38.1 Å². The Kier molecular flexibility index (Phi) is 6.63. The molecule has 0 atom stereocenters. The largest absolute Gasteiger partial charge is 0.279 e. The number of carbonyl (C=O) groups excluding carboxylic acids is 1. The molecule has 0 unspecified atom stereocenters. The van der Waals surface area contributed by atoms with E-state index in [9.17, 15) is 13.2 Å². The van der Waals surface area contributed by atoms with Gasteiger partial charge in [-0.25, -0.2) is 13.4 Å². The van der Waals surface area contributed by atoms with E-state index in [1.165, 1.54) is 17.4 Å². The fourth-order valence-electron chi connectivity index (χ4n) is 3.75. The third-order valence-corrected chi connectivity index (χ3v) is 8.38. The number of hydrogen-bond acceptors (Lipinski definition) is 5. The minimum absolute atomic E-state index is 0.0551. The first-order chi connectivity index (χ1) is 15.8. The van der Waals surface area contributed by atoms with E-state index < -0.39 is 9.84 Å². The molecule has 0 spiro atoms. The molecule has 4 aromatic rings. The average molecular weight is 479 g/mol. The van der Waals surface area contributed by atoms with Crippen LogP contribution >= 0.6 is 11.3 Å². The highest BCUT2D eigenvalue weighted by Crippen LogP contribution is 2.35. The number of thiazole rings is 1. The molecule has 0 saturated carbocycles. The Balaban J connectivity index is 1.87. The Labute approximate surface area is 198 Å². The van der Waals surface area contributed by atoms with Gasteiger partial charge in [0.2, 0.25) is 0 Å². The summed E-state index contributed by atoms with van der Waals surface area (Å²) in [7, 11) is -3.57. The van der Waals surface area contributed by atoms with Crippen LogP contribution in [-0.4, -0.2) is 25.1 Å². The molecule has 0 aliphatic heterocycles. The number of sulfone groups is 1. The van der Waals surface area contributed by atoms with Crippen molar-refractivity contribution < 1.29 is 13.2 Å². The van der Waals surface area contributed by atoms with Crippen LogP contribution in [0.4, 0.5) is 5.13 Å². The zero-order valence-electron chi connectivity index (χ0n) is 18.9. The maximum absolute atomic E-state index is 13.9. The Hall–Kier alpha value is -3.03. The summed E-state index contributed by atoms with van der Waals surface area (Å²) >= 11 is 1.44. The lowest BCUT2D eigenvalue weighted by Gasteiger charge is -2.21. The first-order valence-electron chi connectivity index (χ1n) is 10.9. The fourth-order valence-corrected chi connectivity index (χ4v) is 5.83. The number of hydrogen-bond donors (Lipinski definition) is 0. The van der Waals surface area contributed by atoms with E-state index in [1.54, 1.807) is 30.0 Å². The first kappa shape index (κ1) is 23.1. The molecule has 0 aliphatic carbocycles. The summed E-state index contributed by atoms with van der Waals surface area (Å²) in [5.41, 5.74) is 3.10. The lowest BCUT2D eigenvalue weighted by Crippen LogP contribution is -2.31. The van der Waals surface area contributed by atoms with Gasteiger partial charge in [0.05, 0.1) is 33.0 Å². The van der Waals surface area contributed by atoms with Crippen molar-refractivity contribution in [2.75, 3.05) is 10.7 Å². The Morgan fingerprint density at radius 1 is 0.970 bits per heavy atom. The van der Waals surface area contributed by atoms with Crippen LogP contribution in [0.2, 0.25) is 0 Å². The van der Waals surface area contributed by atoms with Gasteiger partial charge in [0.15, 0.2) is 15.0 Å². The van der Waals surface area contributed by atoms with Crippen LogP contribution < -0.4 is 4.90 Å². The van der Waals surface area contributed by atoms with Crippen molar-refractivity contribution in [3.05, 3.63) is 89.5 Å². The minimum atomic E-state index is -3.57. The SMILES string of the molecule is CCS(=O)(=O)c1ccccc1C(=O)N(Cc1ccccc1)c1nc2c(C(C)C)cccc2s1. The van der Waals surface area contributed by atoms with E-state index in [1.807, 2.05) is 42.5 Å². The number of aromatic nitrogens is 1. The number of amides is 1. The maximum atomic E-state index is 13.9. The summed E-state index contributed by atoms with van der Waals surface area (Å²) < 4.78 is 26.4. The van der Waals surface area contributed by atoms with Gasteiger partial charge in [-0.3, -0.25) is 9.69 Å². The molecule has 3 aromatic carbocycles. The van der Waals surface area contributed by atoms with Crippen molar-refractivity contribution in [2.24, 2.45) is 0 Å². The Morgan fingerprint density at radius 2 is 1.67 bits per heavy atom. The molecule has 0 saturated heterocycles. The van der Waals surface area contributed by atoms with Gasteiger partial charge < -0.3 is 0 Å². The van der Waals surface area contributed by atoms with Gasteiger partial charge in [-0.15, -0.1) is 0 Å². The second-order valence-corrected chi connectivity index (χ2v) is 11.4. The first-order valence-corrected chi connectivity index (χ1v) is 13.4.